The Morgan fingerprint density at radius 3 is 2.82 bits per heavy atom. The standard InChI is InChI=1S/C15H15N5O2/c1-10-3-4-11(17-8-10)13-7-12(15(21)22)18-20(13)14-9-19(2)6-5-16-14/h3-8H,9H2,1-2H3,(H,21,22). The normalized spacial score (nSPS) is 14.1. The van der Waals surface area contributed by atoms with Crippen molar-refractivity contribution in [1.82, 2.24) is 19.7 Å². The third kappa shape index (κ3) is 2.60. The minimum atomic E-state index is -1.08. The molecule has 1 N–H and O–H groups in total. The van der Waals surface area contributed by atoms with Crippen LogP contribution in [0, 0.1) is 6.92 Å². The van der Waals surface area contributed by atoms with Crippen LogP contribution < -0.4 is 0 Å². The maximum atomic E-state index is 11.2. The molecule has 0 unspecified atom stereocenters. The van der Waals surface area contributed by atoms with Gasteiger partial charge in [0, 0.05) is 31.7 Å². The first-order chi connectivity index (χ1) is 10.5. The van der Waals surface area contributed by atoms with Gasteiger partial charge in [0.05, 0.1) is 17.9 Å². The van der Waals surface area contributed by atoms with Crippen LogP contribution in [0.4, 0.5) is 0 Å². The van der Waals surface area contributed by atoms with Crippen molar-refractivity contribution in [1.29, 1.82) is 0 Å². The summed E-state index contributed by atoms with van der Waals surface area (Å²) in [6, 6.07) is 5.28. The topological polar surface area (TPSA) is 83.6 Å². The molecule has 22 heavy (non-hydrogen) atoms. The summed E-state index contributed by atoms with van der Waals surface area (Å²) in [5, 5.41) is 13.4. The molecular weight excluding hydrogens is 282 g/mol. The Balaban J connectivity index is 2.12. The van der Waals surface area contributed by atoms with Crippen molar-refractivity contribution in [3.05, 3.63) is 48.1 Å². The summed E-state index contributed by atoms with van der Waals surface area (Å²) >= 11 is 0. The van der Waals surface area contributed by atoms with E-state index >= 15 is 0 Å². The molecule has 3 heterocycles. The Morgan fingerprint density at radius 2 is 2.18 bits per heavy atom. The lowest BCUT2D eigenvalue weighted by molar-refractivity contribution is 0.0690. The number of aromatic nitrogens is 3. The zero-order valence-electron chi connectivity index (χ0n) is 12.3. The summed E-state index contributed by atoms with van der Waals surface area (Å²) in [5.41, 5.74) is 2.27. The van der Waals surface area contributed by atoms with Gasteiger partial charge in [-0.15, -0.1) is 0 Å². The Bertz CT molecular complexity index is 774. The fraction of sp³-hybridized carbons (Fsp3) is 0.200. The number of rotatable bonds is 2. The molecule has 1 aliphatic heterocycles. The molecule has 0 aliphatic carbocycles. The van der Waals surface area contributed by atoms with E-state index in [-0.39, 0.29) is 5.69 Å². The van der Waals surface area contributed by atoms with Gasteiger partial charge in [-0.2, -0.15) is 5.10 Å². The van der Waals surface area contributed by atoms with E-state index in [4.69, 9.17) is 0 Å². The van der Waals surface area contributed by atoms with Gasteiger partial charge in [-0.3, -0.25) is 4.98 Å². The zero-order valence-corrected chi connectivity index (χ0v) is 12.3. The van der Waals surface area contributed by atoms with Crippen molar-refractivity contribution < 1.29 is 9.90 Å². The maximum Gasteiger partial charge on any atom is 0.356 e. The van der Waals surface area contributed by atoms with Gasteiger partial charge in [-0.1, -0.05) is 6.07 Å². The fourth-order valence-electron chi connectivity index (χ4n) is 2.16. The van der Waals surface area contributed by atoms with Gasteiger partial charge < -0.3 is 10.0 Å². The molecule has 0 bridgehead atoms. The third-order valence-electron chi connectivity index (χ3n) is 3.28. The minimum Gasteiger partial charge on any atom is -0.476 e. The van der Waals surface area contributed by atoms with Crippen LogP contribution in [0.5, 0.6) is 0 Å². The van der Waals surface area contributed by atoms with Crippen LogP contribution >= 0.6 is 0 Å². The van der Waals surface area contributed by atoms with Crippen LogP contribution in [0.2, 0.25) is 0 Å². The molecule has 0 fully saturated rings. The molecular formula is C15H15N5O2. The summed E-state index contributed by atoms with van der Waals surface area (Å²) in [7, 11) is 1.91. The second-order valence-electron chi connectivity index (χ2n) is 5.11. The second-order valence-corrected chi connectivity index (χ2v) is 5.11. The molecule has 0 saturated carbocycles. The number of carboxylic acid groups (broad SMARTS) is 1. The van der Waals surface area contributed by atoms with E-state index in [9.17, 15) is 9.90 Å². The molecule has 3 rings (SSSR count). The number of nitrogens with zero attached hydrogens (tertiary/aromatic N) is 5. The Kier molecular flexibility index (Phi) is 3.46. The number of carboxylic acids is 1. The Hall–Kier alpha value is -2.96. The number of carbonyl (C=O) groups is 1. The molecule has 7 nitrogen and oxygen atoms in total. The molecule has 0 aromatic carbocycles. The van der Waals surface area contributed by atoms with Crippen LogP contribution in [0.3, 0.4) is 0 Å². The number of hydrogen-bond acceptors (Lipinski definition) is 5. The van der Waals surface area contributed by atoms with E-state index in [1.807, 2.05) is 37.2 Å². The number of likely N-dealkylation sites (N-methyl/N-ethyl adjacent to an activating group) is 1. The van der Waals surface area contributed by atoms with Gasteiger partial charge >= 0.3 is 5.97 Å². The monoisotopic (exact) mass is 297 g/mol. The van der Waals surface area contributed by atoms with Gasteiger partial charge in [0.15, 0.2) is 5.69 Å². The average molecular weight is 297 g/mol. The highest BCUT2D eigenvalue weighted by Crippen LogP contribution is 2.20. The zero-order chi connectivity index (χ0) is 15.7. The molecule has 2 aromatic rings. The van der Waals surface area contributed by atoms with Gasteiger partial charge in [-0.05, 0) is 18.6 Å². The molecule has 0 amide bonds. The number of aryl methyl sites for hydroxylation is 1. The molecule has 0 spiro atoms. The maximum absolute atomic E-state index is 11.2. The lowest BCUT2D eigenvalue weighted by atomic mass is 10.2. The summed E-state index contributed by atoms with van der Waals surface area (Å²) in [6.45, 7) is 2.48. The molecule has 1 aliphatic rings. The van der Waals surface area contributed by atoms with Crippen LogP contribution in [0.25, 0.3) is 11.4 Å². The van der Waals surface area contributed by atoms with Crippen molar-refractivity contribution in [3.8, 4) is 11.4 Å². The first-order valence-electron chi connectivity index (χ1n) is 6.75. The van der Waals surface area contributed by atoms with E-state index in [1.54, 1.807) is 17.1 Å². The van der Waals surface area contributed by atoms with Crippen molar-refractivity contribution in [2.75, 3.05) is 13.6 Å². The molecule has 2 aromatic heterocycles. The van der Waals surface area contributed by atoms with Gasteiger partial charge in [0.1, 0.15) is 5.84 Å². The molecule has 7 heteroatoms. The minimum absolute atomic E-state index is 0.0303. The Morgan fingerprint density at radius 1 is 1.36 bits per heavy atom. The first kappa shape index (κ1) is 14.0. The van der Waals surface area contributed by atoms with Gasteiger partial charge in [0.2, 0.25) is 0 Å². The highest BCUT2D eigenvalue weighted by Gasteiger charge is 2.20. The summed E-state index contributed by atoms with van der Waals surface area (Å²) in [4.78, 5) is 21.8. The first-order valence-corrected chi connectivity index (χ1v) is 6.75. The molecule has 112 valence electrons. The van der Waals surface area contributed by atoms with Crippen molar-refractivity contribution in [2.24, 2.45) is 4.99 Å². The Labute approximate surface area is 127 Å². The van der Waals surface area contributed by atoms with Crippen molar-refractivity contribution in [2.45, 2.75) is 6.92 Å². The highest BCUT2D eigenvalue weighted by atomic mass is 16.4. The number of aromatic carboxylic acids is 1. The second kappa shape index (κ2) is 5.44. The summed E-state index contributed by atoms with van der Waals surface area (Å²) in [6.07, 6.45) is 5.24. The number of aliphatic imine (C=N–C) groups is 1. The molecule has 0 saturated heterocycles. The summed E-state index contributed by atoms with van der Waals surface area (Å²) < 4.78 is 1.54. The lowest BCUT2D eigenvalue weighted by Gasteiger charge is -2.19. The smallest absolute Gasteiger partial charge is 0.356 e. The average Bonchev–Trinajstić information content (AvgIpc) is 2.93. The van der Waals surface area contributed by atoms with Crippen LogP contribution in [-0.4, -0.2) is 50.2 Å². The van der Waals surface area contributed by atoms with Gasteiger partial charge in [-0.25, -0.2) is 14.5 Å². The predicted octanol–water partition coefficient (Wildman–Crippen LogP) is 1.61. The quantitative estimate of drug-likeness (QED) is 0.910. The predicted molar refractivity (Wildman–Crippen MR) is 81.8 cm³/mol. The van der Waals surface area contributed by atoms with Crippen molar-refractivity contribution in [3.63, 3.8) is 0 Å². The largest absolute Gasteiger partial charge is 0.476 e. The van der Waals surface area contributed by atoms with Crippen LogP contribution in [-0.2, 0) is 0 Å². The van der Waals surface area contributed by atoms with E-state index < -0.39 is 5.97 Å². The van der Waals surface area contributed by atoms with Gasteiger partial charge in [0.25, 0.3) is 0 Å². The van der Waals surface area contributed by atoms with E-state index in [1.165, 1.54) is 6.07 Å². The fourth-order valence-corrected chi connectivity index (χ4v) is 2.16. The van der Waals surface area contributed by atoms with Crippen LogP contribution in [0.15, 0.2) is 41.8 Å². The van der Waals surface area contributed by atoms with Crippen LogP contribution in [0.1, 0.15) is 16.1 Å². The highest BCUT2D eigenvalue weighted by molar-refractivity contribution is 5.93. The van der Waals surface area contributed by atoms with Crippen molar-refractivity contribution >= 4 is 11.8 Å². The van der Waals surface area contributed by atoms with E-state index in [0.717, 1.165) is 5.56 Å². The van der Waals surface area contributed by atoms with E-state index in [0.29, 0.717) is 23.8 Å². The number of pyridine rings is 1. The number of hydrogen-bond donors (Lipinski definition) is 1. The SMILES string of the molecule is Cc1ccc(-c2cc(C(=O)O)nn2C2=NC=CN(C)C2)nc1. The molecule has 0 radical (unpaired) electrons. The van der Waals surface area contributed by atoms with E-state index in [2.05, 4.69) is 15.1 Å². The molecule has 0 atom stereocenters. The third-order valence-corrected chi connectivity index (χ3v) is 3.28. The lowest BCUT2D eigenvalue weighted by Crippen LogP contribution is -2.30. The summed E-state index contributed by atoms with van der Waals surface area (Å²) in [5.74, 6) is -0.428.